The summed E-state index contributed by atoms with van der Waals surface area (Å²) in [5.74, 6) is 0.857. The summed E-state index contributed by atoms with van der Waals surface area (Å²) in [6, 6.07) is 10.6. The van der Waals surface area contributed by atoms with E-state index in [4.69, 9.17) is 4.74 Å². The van der Waals surface area contributed by atoms with Gasteiger partial charge in [-0.25, -0.2) is 4.98 Å². The maximum absolute atomic E-state index is 11.3. The van der Waals surface area contributed by atoms with Gasteiger partial charge in [0.25, 0.3) is 0 Å². The summed E-state index contributed by atoms with van der Waals surface area (Å²) in [7, 11) is 1.43. The first-order valence-electron chi connectivity index (χ1n) is 8.86. The van der Waals surface area contributed by atoms with E-state index in [2.05, 4.69) is 33.1 Å². The molecule has 1 aliphatic heterocycles. The predicted molar refractivity (Wildman–Crippen MR) is 101 cm³/mol. The zero-order valence-corrected chi connectivity index (χ0v) is 14.8. The highest BCUT2D eigenvalue weighted by molar-refractivity contribution is 5.91. The summed E-state index contributed by atoms with van der Waals surface area (Å²) in [4.78, 5) is 22.5. The lowest BCUT2D eigenvalue weighted by molar-refractivity contribution is -0.140. The number of methoxy groups -OCH3 is 1. The molecule has 0 fully saturated rings. The van der Waals surface area contributed by atoms with Crippen LogP contribution in [0.15, 0.2) is 48.9 Å². The van der Waals surface area contributed by atoms with Gasteiger partial charge in [-0.3, -0.25) is 9.78 Å². The number of benzene rings is 1. The Morgan fingerprint density at radius 2 is 2.12 bits per heavy atom. The number of ether oxygens (including phenoxy) is 1. The smallest absolute Gasteiger partial charge is 0.305 e. The van der Waals surface area contributed by atoms with Crippen LogP contribution >= 0.6 is 0 Å². The average Bonchev–Trinajstić information content (AvgIpc) is 2.71. The molecule has 5 heteroatoms. The summed E-state index contributed by atoms with van der Waals surface area (Å²) in [5.41, 5.74) is 3.88. The fourth-order valence-corrected chi connectivity index (χ4v) is 3.54. The van der Waals surface area contributed by atoms with Gasteiger partial charge in [-0.2, -0.15) is 0 Å². The van der Waals surface area contributed by atoms with Crippen molar-refractivity contribution < 1.29 is 9.53 Å². The molecule has 5 nitrogen and oxygen atoms in total. The standard InChI is InChI=1S/C21H21N3O2/c1-26-20(25)5-3-15-2-4-18-14-24(11-8-16(18)12-15)21-19-7-9-22-13-17(19)6-10-23-21/h2,4,6-7,9-10,12-13H,3,5,8,11,14H2,1H3. The summed E-state index contributed by atoms with van der Waals surface area (Å²) in [6.07, 6.45) is 7.68. The number of hydrogen-bond acceptors (Lipinski definition) is 5. The molecule has 0 aliphatic carbocycles. The van der Waals surface area contributed by atoms with Gasteiger partial charge in [-0.05, 0) is 41.7 Å². The molecular formula is C21H21N3O2. The Labute approximate surface area is 152 Å². The summed E-state index contributed by atoms with van der Waals surface area (Å²) < 4.78 is 4.73. The zero-order valence-electron chi connectivity index (χ0n) is 14.8. The van der Waals surface area contributed by atoms with Crippen LogP contribution in [0.2, 0.25) is 0 Å². The Bertz CT molecular complexity index is 950. The first kappa shape index (κ1) is 16.5. The van der Waals surface area contributed by atoms with Crippen LogP contribution in [0.5, 0.6) is 0 Å². The van der Waals surface area contributed by atoms with Gasteiger partial charge in [0.05, 0.1) is 7.11 Å². The van der Waals surface area contributed by atoms with Gasteiger partial charge in [-0.15, -0.1) is 0 Å². The molecule has 0 radical (unpaired) electrons. The fraction of sp³-hybridized carbons (Fsp3) is 0.286. The summed E-state index contributed by atoms with van der Waals surface area (Å²) >= 11 is 0. The molecule has 1 aliphatic rings. The highest BCUT2D eigenvalue weighted by atomic mass is 16.5. The van der Waals surface area contributed by atoms with Gasteiger partial charge in [0, 0.05) is 48.9 Å². The lowest BCUT2D eigenvalue weighted by Gasteiger charge is -2.31. The van der Waals surface area contributed by atoms with Gasteiger partial charge >= 0.3 is 5.97 Å². The molecule has 0 unspecified atom stereocenters. The third-order valence-corrected chi connectivity index (χ3v) is 4.97. The number of nitrogens with zero attached hydrogens (tertiary/aromatic N) is 3. The normalized spacial score (nSPS) is 13.5. The molecule has 0 saturated carbocycles. The molecule has 0 N–H and O–H groups in total. The highest BCUT2D eigenvalue weighted by Gasteiger charge is 2.19. The average molecular weight is 347 g/mol. The highest BCUT2D eigenvalue weighted by Crippen LogP contribution is 2.29. The van der Waals surface area contributed by atoms with Crippen molar-refractivity contribution in [2.45, 2.75) is 25.8 Å². The second kappa shape index (κ2) is 7.12. The summed E-state index contributed by atoms with van der Waals surface area (Å²) in [5, 5.41) is 2.25. The number of rotatable bonds is 4. The van der Waals surface area contributed by atoms with Crippen LogP contribution < -0.4 is 4.90 Å². The van der Waals surface area contributed by atoms with Crippen LogP contribution in [-0.2, 0) is 28.9 Å². The van der Waals surface area contributed by atoms with Gasteiger partial charge < -0.3 is 9.64 Å². The number of carbonyl (C=O) groups is 1. The maximum atomic E-state index is 11.3. The predicted octanol–water partition coefficient (Wildman–Crippen LogP) is 3.30. The topological polar surface area (TPSA) is 55.3 Å². The lowest BCUT2D eigenvalue weighted by atomic mass is 9.95. The number of pyridine rings is 2. The van der Waals surface area contributed by atoms with E-state index in [1.807, 2.05) is 30.7 Å². The SMILES string of the molecule is COC(=O)CCc1ccc2c(c1)CCN(c1nccc3cnccc13)C2. The number of aryl methyl sites for hydroxylation is 1. The molecule has 0 atom stereocenters. The van der Waals surface area contributed by atoms with E-state index >= 15 is 0 Å². The van der Waals surface area contributed by atoms with Crippen LogP contribution in [0, 0.1) is 0 Å². The molecule has 1 aromatic carbocycles. The van der Waals surface area contributed by atoms with Crippen molar-refractivity contribution in [3.63, 3.8) is 0 Å². The monoisotopic (exact) mass is 347 g/mol. The van der Waals surface area contributed by atoms with E-state index in [0.717, 1.165) is 42.5 Å². The lowest BCUT2D eigenvalue weighted by Crippen LogP contribution is -2.31. The molecular weight excluding hydrogens is 326 g/mol. The number of hydrogen-bond donors (Lipinski definition) is 0. The summed E-state index contributed by atoms with van der Waals surface area (Å²) in [6.45, 7) is 1.78. The zero-order chi connectivity index (χ0) is 17.9. The molecule has 4 rings (SSSR count). The number of anilines is 1. The number of carbonyl (C=O) groups excluding carboxylic acids is 1. The van der Waals surface area contributed by atoms with Crippen LogP contribution in [0.1, 0.15) is 23.1 Å². The molecule has 3 heterocycles. The molecule has 26 heavy (non-hydrogen) atoms. The van der Waals surface area contributed by atoms with Gasteiger partial charge in [0.1, 0.15) is 5.82 Å². The minimum Gasteiger partial charge on any atom is -0.469 e. The van der Waals surface area contributed by atoms with Crippen molar-refractivity contribution in [2.24, 2.45) is 0 Å². The fourth-order valence-electron chi connectivity index (χ4n) is 3.54. The minimum absolute atomic E-state index is 0.162. The van der Waals surface area contributed by atoms with Crippen molar-refractivity contribution >= 4 is 22.6 Å². The number of fused-ring (bicyclic) bond motifs is 2. The van der Waals surface area contributed by atoms with E-state index in [1.165, 1.54) is 23.8 Å². The second-order valence-electron chi connectivity index (χ2n) is 6.58. The Kier molecular flexibility index (Phi) is 4.52. The third kappa shape index (κ3) is 3.25. The molecule has 132 valence electrons. The van der Waals surface area contributed by atoms with Crippen LogP contribution in [0.25, 0.3) is 10.8 Å². The minimum atomic E-state index is -0.162. The first-order chi connectivity index (χ1) is 12.7. The Hall–Kier alpha value is -2.95. The van der Waals surface area contributed by atoms with Crippen molar-refractivity contribution in [1.82, 2.24) is 9.97 Å². The van der Waals surface area contributed by atoms with E-state index in [9.17, 15) is 4.79 Å². The molecule has 0 spiro atoms. The van der Waals surface area contributed by atoms with Crippen LogP contribution in [0.4, 0.5) is 5.82 Å². The van der Waals surface area contributed by atoms with Gasteiger partial charge in [0.15, 0.2) is 0 Å². The number of esters is 1. The molecule has 3 aromatic rings. The first-order valence-corrected chi connectivity index (χ1v) is 8.86. The maximum Gasteiger partial charge on any atom is 0.305 e. The third-order valence-electron chi connectivity index (χ3n) is 4.97. The Balaban J connectivity index is 1.55. The van der Waals surface area contributed by atoms with Crippen LogP contribution in [0.3, 0.4) is 0 Å². The largest absolute Gasteiger partial charge is 0.469 e. The van der Waals surface area contributed by atoms with Gasteiger partial charge in [0.2, 0.25) is 0 Å². The molecule has 2 aromatic heterocycles. The van der Waals surface area contributed by atoms with Crippen molar-refractivity contribution in [3.8, 4) is 0 Å². The van der Waals surface area contributed by atoms with E-state index < -0.39 is 0 Å². The van der Waals surface area contributed by atoms with Crippen molar-refractivity contribution in [2.75, 3.05) is 18.6 Å². The number of aromatic nitrogens is 2. The second-order valence-corrected chi connectivity index (χ2v) is 6.58. The molecule has 0 amide bonds. The van der Waals surface area contributed by atoms with Crippen molar-refractivity contribution in [1.29, 1.82) is 0 Å². The Morgan fingerprint density at radius 1 is 1.19 bits per heavy atom. The Morgan fingerprint density at radius 3 is 3.00 bits per heavy atom. The van der Waals surface area contributed by atoms with E-state index in [-0.39, 0.29) is 5.97 Å². The van der Waals surface area contributed by atoms with E-state index in [1.54, 1.807) is 0 Å². The van der Waals surface area contributed by atoms with E-state index in [0.29, 0.717) is 6.42 Å². The molecule has 0 bridgehead atoms. The molecule has 0 saturated heterocycles. The van der Waals surface area contributed by atoms with Crippen LogP contribution in [-0.4, -0.2) is 29.6 Å². The van der Waals surface area contributed by atoms with Gasteiger partial charge in [-0.1, -0.05) is 18.2 Å². The van der Waals surface area contributed by atoms with Crippen molar-refractivity contribution in [3.05, 3.63) is 65.6 Å². The quantitative estimate of drug-likeness (QED) is 0.678.